The van der Waals surface area contributed by atoms with Gasteiger partial charge in [-0.15, -0.1) is 0 Å². The largest absolute Gasteiger partial charge is 0.402 e. The van der Waals surface area contributed by atoms with Crippen molar-refractivity contribution in [1.29, 1.82) is 0 Å². The first kappa shape index (κ1) is 8.63. The second-order valence-corrected chi connectivity index (χ2v) is 3.76. The number of hydrogen-bond acceptors (Lipinski definition) is 1. The zero-order valence-electron chi connectivity index (χ0n) is 7.47. The van der Waals surface area contributed by atoms with E-state index in [9.17, 15) is 0 Å². The molecular formula is C10H19N. The van der Waals surface area contributed by atoms with Crippen molar-refractivity contribution in [2.24, 2.45) is 17.6 Å². The Labute approximate surface area is 69.7 Å². The summed E-state index contributed by atoms with van der Waals surface area (Å²) in [6.07, 6.45) is 6.92. The van der Waals surface area contributed by atoms with Crippen molar-refractivity contribution in [2.75, 3.05) is 0 Å². The van der Waals surface area contributed by atoms with E-state index < -0.39 is 0 Å². The molecule has 1 aliphatic carbocycles. The average Bonchev–Trinajstić information content (AvgIpc) is 2.05. The van der Waals surface area contributed by atoms with E-state index in [1.165, 1.54) is 32.1 Å². The van der Waals surface area contributed by atoms with Gasteiger partial charge in [0, 0.05) is 5.70 Å². The van der Waals surface area contributed by atoms with Crippen molar-refractivity contribution in [2.45, 2.75) is 39.0 Å². The summed E-state index contributed by atoms with van der Waals surface area (Å²) in [5.41, 5.74) is 6.54. The summed E-state index contributed by atoms with van der Waals surface area (Å²) in [6.45, 7) is 6.01. The highest BCUT2D eigenvalue weighted by Gasteiger charge is 2.20. The standard InChI is InChI=1S/C10H19N/c1-8(9(2)11)10-6-4-3-5-7-10/h8,10H,2-7,11H2,1H3/t8-/m1/s1. The van der Waals surface area contributed by atoms with Gasteiger partial charge in [-0.2, -0.15) is 0 Å². The molecule has 1 heteroatoms. The highest BCUT2D eigenvalue weighted by atomic mass is 14.6. The molecule has 0 spiro atoms. The minimum atomic E-state index is 0.537. The molecule has 1 atom stereocenters. The van der Waals surface area contributed by atoms with Gasteiger partial charge in [-0.1, -0.05) is 32.8 Å². The molecule has 64 valence electrons. The molecule has 0 heterocycles. The molecule has 0 amide bonds. The first-order valence-corrected chi connectivity index (χ1v) is 4.66. The maximum atomic E-state index is 5.67. The monoisotopic (exact) mass is 153 g/mol. The summed E-state index contributed by atoms with van der Waals surface area (Å²) in [7, 11) is 0. The predicted octanol–water partition coefficient (Wildman–Crippen LogP) is 2.68. The molecule has 0 aromatic heterocycles. The summed E-state index contributed by atoms with van der Waals surface area (Å²) < 4.78 is 0. The van der Waals surface area contributed by atoms with Gasteiger partial charge in [-0.05, 0) is 24.7 Å². The third kappa shape index (κ3) is 2.25. The van der Waals surface area contributed by atoms with Gasteiger partial charge in [0.05, 0.1) is 0 Å². The fourth-order valence-corrected chi connectivity index (χ4v) is 1.94. The lowest BCUT2D eigenvalue weighted by atomic mass is 9.80. The van der Waals surface area contributed by atoms with Crippen LogP contribution in [-0.4, -0.2) is 0 Å². The fourth-order valence-electron chi connectivity index (χ4n) is 1.94. The third-order valence-electron chi connectivity index (χ3n) is 2.94. The van der Waals surface area contributed by atoms with Crippen LogP contribution >= 0.6 is 0 Å². The van der Waals surface area contributed by atoms with Crippen molar-refractivity contribution in [3.8, 4) is 0 Å². The molecule has 0 saturated heterocycles. The maximum absolute atomic E-state index is 5.67. The Hall–Kier alpha value is -0.460. The molecular weight excluding hydrogens is 134 g/mol. The van der Waals surface area contributed by atoms with Crippen LogP contribution in [0.25, 0.3) is 0 Å². The molecule has 1 nitrogen and oxygen atoms in total. The van der Waals surface area contributed by atoms with Crippen LogP contribution in [0.15, 0.2) is 12.3 Å². The van der Waals surface area contributed by atoms with Crippen LogP contribution < -0.4 is 5.73 Å². The van der Waals surface area contributed by atoms with E-state index in [1.807, 2.05) is 0 Å². The van der Waals surface area contributed by atoms with Crippen molar-refractivity contribution >= 4 is 0 Å². The van der Waals surface area contributed by atoms with Gasteiger partial charge >= 0.3 is 0 Å². The summed E-state index contributed by atoms with van der Waals surface area (Å²) in [5, 5.41) is 0. The summed E-state index contributed by atoms with van der Waals surface area (Å²) in [6, 6.07) is 0. The second-order valence-electron chi connectivity index (χ2n) is 3.76. The van der Waals surface area contributed by atoms with Crippen LogP contribution in [0.5, 0.6) is 0 Å². The number of nitrogens with two attached hydrogens (primary N) is 1. The Kier molecular flexibility index (Phi) is 2.98. The SMILES string of the molecule is C=C(N)[C@@H](C)C1CCCCC1. The molecule has 1 fully saturated rings. The van der Waals surface area contributed by atoms with Gasteiger partial charge < -0.3 is 5.73 Å². The van der Waals surface area contributed by atoms with Crippen molar-refractivity contribution in [3.05, 3.63) is 12.3 Å². The maximum Gasteiger partial charge on any atom is 0.00390 e. The lowest BCUT2D eigenvalue weighted by Gasteiger charge is -2.27. The van der Waals surface area contributed by atoms with E-state index in [0.717, 1.165) is 11.6 Å². The van der Waals surface area contributed by atoms with E-state index in [4.69, 9.17) is 5.73 Å². The molecule has 2 N–H and O–H groups in total. The van der Waals surface area contributed by atoms with Gasteiger partial charge in [0.25, 0.3) is 0 Å². The Morgan fingerprint density at radius 3 is 2.36 bits per heavy atom. The van der Waals surface area contributed by atoms with Crippen molar-refractivity contribution in [3.63, 3.8) is 0 Å². The molecule has 0 bridgehead atoms. The van der Waals surface area contributed by atoms with Crippen LogP contribution in [0.2, 0.25) is 0 Å². The molecule has 0 radical (unpaired) electrons. The van der Waals surface area contributed by atoms with Gasteiger partial charge in [0.1, 0.15) is 0 Å². The van der Waals surface area contributed by atoms with Crippen LogP contribution in [0.4, 0.5) is 0 Å². The van der Waals surface area contributed by atoms with Gasteiger partial charge in [-0.25, -0.2) is 0 Å². The molecule has 1 aliphatic rings. The van der Waals surface area contributed by atoms with Crippen molar-refractivity contribution < 1.29 is 0 Å². The highest BCUT2D eigenvalue weighted by molar-refractivity contribution is 4.95. The predicted molar refractivity (Wildman–Crippen MR) is 49.1 cm³/mol. The summed E-state index contributed by atoms with van der Waals surface area (Å²) >= 11 is 0. The second kappa shape index (κ2) is 3.80. The third-order valence-corrected chi connectivity index (χ3v) is 2.94. The van der Waals surface area contributed by atoms with E-state index in [-0.39, 0.29) is 0 Å². The molecule has 1 saturated carbocycles. The Balaban J connectivity index is 2.38. The summed E-state index contributed by atoms with van der Waals surface area (Å²) in [5.74, 6) is 1.36. The minimum absolute atomic E-state index is 0.537. The Morgan fingerprint density at radius 2 is 1.91 bits per heavy atom. The Morgan fingerprint density at radius 1 is 1.36 bits per heavy atom. The lowest BCUT2D eigenvalue weighted by molar-refractivity contribution is 0.290. The zero-order valence-corrected chi connectivity index (χ0v) is 7.47. The van der Waals surface area contributed by atoms with Crippen LogP contribution in [0.1, 0.15) is 39.0 Å². The van der Waals surface area contributed by atoms with Gasteiger partial charge in [0.15, 0.2) is 0 Å². The molecule has 1 rings (SSSR count). The number of allylic oxidation sites excluding steroid dienone is 1. The van der Waals surface area contributed by atoms with Crippen LogP contribution in [0, 0.1) is 11.8 Å². The highest BCUT2D eigenvalue weighted by Crippen LogP contribution is 2.31. The minimum Gasteiger partial charge on any atom is -0.402 e. The fraction of sp³-hybridized carbons (Fsp3) is 0.800. The average molecular weight is 153 g/mol. The van der Waals surface area contributed by atoms with E-state index >= 15 is 0 Å². The van der Waals surface area contributed by atoms with Crippen LogP contribution in [-0.2, 0) is 0 Å². The molecule has 0 aromatic carbocycles. The summed E-state index contributed by atoms with van der Waals surface area (Å²) in [4.78, 5) is 0. The zero-order chi connectivity index (χ0) is 8.27. The molecule has 11 heavy (non-hydrogen) atoms. The molecule has 0 unspecified atom stereocenters. The van der Waals surface area contributed by atoms with Gasteiger partial charge in [-0.3, -0.25) is 0 Å². The Bertz CT molecular complexity index is 134. The van der Waals surface area contributed by atoms with Crippen LogP contribution in [0.3, 0.4) is 0 Å². The first-order valence-electron chi connectivity index (χ1n) is 4.66. The molecule has 0 aromatic rings. The van der Waals surface area contributed by atoms with E-state index in [1.54, 1.807) is 0 Å². The normalized spacial score (nSPS) is 23.0. The topological polar surface area (TPSA) is 26.0 Å². The number of hydrogen-bond donors (Lipinski definition) is 1. The van der Waals surface area contributed by atoms with Crippen molar-refractivity contribution in [1.82, 2.24) is 0 Å². The first-order chi connectivity index (χ1) is 5.22. The molecule has 0 aliphatic heterocycles. The van der Waals surface area contributed by atoms with E-state index in [0.29, 0.717) is 5.92 Å². The smallest absolute Gasteiger partial charge is 0.00390 e. The number of rotatable bonds is 2. The lowest BCUT2D eigenvalue weighted by Crippen LogP contribution is -2.20. The van der Waals surface area contributed by atoms with E-state index in [2.05, 4.69) is 13.5 Å². The van der Waals surface area contributed by atoms with Gasteiger partial charge in [0.2, 0.25) is 0 Å². The quantitative estimate of drug-likeness (QED) is 0.648.